The van der Waals surface area contributed by atoms with E-state index < -0.39 is 0 Å². The summed E-state index contributed by atoms with van der Waals surface area (Å²) in [5.74, 6) is 3.76. The minimum atomic E-state index is 0.242. The lowest BCUT2D eigenvalue weighted by Gasteiger charge is -2.62. The van der Waals surface area contributed by atoms with Crippen LogP contribution >= 0.6 is 0 Å². The van der Waals surface area contributed by atoms with Gasteiger partial charge in [0.1, 0.15) is 0 Å². The van der Waals surface area contributed by atoms with Crippen LogP contribution in [0.2, 0.25) is 0 Å². The van der Waals surface area contributed by atoms with Gasteiger partial charge in [0.15, 0.2) is 0 Å². The van der Waals surface area contributed by atoms with Crippen molar-refractivity contribution in [3.8, 4) is 0 Å². The topological polar surface area (TPSA) is 48.8 Å². The number of hydrogen-bond donors (Lipinski definition) is 0. The largest absolute Gasteiger partial charge is 0.103 e. The van der Waals surface area contributed by atoms with Crippen LogP contribution < -0.4 is 0 Å². The van der Waals surface area contributed by atoms with Crippen molar-refractivity contribution in [1.82, 2.24) is 0 Å². The Morgan fingerprint density at radius 3 is 2.54 bits per heavy atom. The summed E-state index contributed by atoms with van der Waals surface area (Å²) in [6.45, 7) is 9.22. The van der Waals surface area contributed by atoms with Gasteiger partial charge in [-0.25, -0.2) is 0 Å². The number of hydrogen-bond acceptors (Lipinski definition) is 1. The third-order valence-corrected chi connectivity index (χ3v) is 9.15. The summed E-state index contributed by atoms with van der Waals surface area (Å²) in [5, 5.41) is 4.34. The first kappa shape index (κ1) is 16.5. The molecule has 0 aromatic carbocycles. The molecule has 0 heterocycles. The Hall–Kier alpha value is -0.950. The van der Waals surface area contributed by atoms with Crippen molar-refractivity contribution in [2.45, 2.75) is 77.7 Å². The molecule has 0 N–H and O–H groups in total. The van der Waals surface area contributed by atoms with E-state index in [9.17, 15) is 0 Å². The van der Waals surface area contributed by atoms with Crippen LogP contribution in [0.4, 0.5) is 0 Å². The smallest absolute Gasteiger partial charge is 0.0410 e. The van der Waals surface area contributed by atoms with Gasteiger partial charge >= 0.3 is 0 Å². The van der Waals surface area contributed by atoms with Gasteiger partial charge in [-0.05, 0) is 90.9 Å². The Kier molecular flexibility index (Phi) is 3.99. The van der Waals surface area contributed by atoms with Crippen molar-refractivity contribution in [3.63, 3.8) is 0 Å². The van der Waals surface area contributed by atoms with E-state index in [0.717, 1.165) is 24.2 Å². The van der Waals surface area contributed by atoms with E-state index in [1.165, 1.54) is 51.4 Å². The van der Waals surface area contributed by atoms with Gasteiger partial charge in [0.2, 0.25) is 0 Å². The predicted molar refractivity (Wildman–Crippen MR) is 98.3 cm³/mol. The normalized spacial score (nSPS) is 53.2. The second kappa shape index (κ2) is 5.80. The highest BCUT2D eigenvalue weighted by atomic mass is 15.2. The Morgan fingerprint density at radius 1 is 1.00 bits per heavy atom. The molecule has 0 saturated heterocycles. The second-order valence-corrected chi connectivity index (χ2v) is 9.71. The van der Waals surface area contributed by atoms with E-state index in [4.69, 9.17) is 5.53 Å². The van der Waals surface area contributed by atoms with Gasteiger partial charge in [-0.3, -0.25) is 0 Å². The lowest BCUT2D eigenvalue weighted by molar-refractivity contribution is -0.115. The lowest BCUT2D eigenvalue weighted by atomic mass is 9.44. The highest BCUT2D eigenvalue weighted by molar-refractivity contribution is 5.13. The zero-order valence-corrected chi connectivity index (χ0v) is 15.5. The number of fused-ring (bicyclic) bond motifs is 5. The molecule has 8 atom stereocenters. The first-order valence-electron chi connectivity index (χ1n) is 10.2. The molecule has 0 aromatic heterocycles. The van der Waals surface area contributed by atoms with Gasteiger partial charge < -0.3 is 0 Å². The van der Waals surface area contributed by atoms with Crippen LogP contribution in [0.1, 0.15) is 71.6 Å². The van der Waals surface area contributed by atoms with Crippen LogP contribution in [0.3, 0.4) is 0 Å². The third kappa shape index (κ3) is 2.13. The molecule has 4 aliphatic rings. The van der Waals surface area contributed by atoms with Crippen molar-refractivity contribution in [3.05, 3.63) is 23.1 Å². The van der Waals surface area contributed by atoms with Gasteiger partial charge in [0.25, 0.3) is 0 Å². The average Bonchev–Trinajstić information content (AvgIpc) is 2.91. The van der Waals surface area contributed by atoms with Crippen molar-refractivity contribution in [1.29, 1.82) is 0 Å². The maximum Gasteiger partial charge on any atom is 0.0410 e. The fourth-order valence-corrected chi connectivity index (χ4v) is 7.98. The molecule has 0 amide bonds. The lowest BCUT2D eigenvalue weighted by Crippen LogP contribution is -2.56. The quantitative estimate of drug-likeness (QED) is 0.240. The zero-order chi connectivity index (χ0) is 16.9. The molecule has 0 aliphatic heterocycles. The Balaban J connectivity index is 1.71. The minimum Gasteiger partial charge on any atom is -0.103 e. The Morgan fingerprint density at radius 2 is 1.79 bits per heavy atom. The maximum atomic E-state index is 9.15. The first-order chi connectivity index (χ1) is 11.5. The molecule has 24 heavy (non-hydrogen) atoms. The molecule has 2 unspecified atom stereocenters. The summed E-state index contributed by atoms with van der Waals surface area (Å²) in [5.41, 5.74) is 10.0. The number of azide groups is 1. The van der Waals surface area contributed by atoms with Crippen LogP contribution in [0.25, 0.3) is 10.4 Å². The summed E-state index contributed by atoms with van der Waals surface area (Å²) >= 11 is 0. The molecule has 0 radical (unpaired) electrons. The van der Waals surface area contributed by atoms with E-state index in [-0.39, 0.29) is 6.04 Å². The molecular weight excluding hydrogens is 294 g/mol. The van der Waals surface area contributed by atoms with Gasteiger partial charge in [-0.2, -0.15) is 0 Å². The molecule has 3 heteroatoms. The summed E-state index contributed by atoms with van der Waals surface area (Å²) in [7, 11) is 0. The summed E-state index contributed by atoms with van der Waals surface area (Å²) in [6, 6.07) is 0.242. The monoisotopic (exact) mass is 327 g/mol. The van der Waals surface area contributed by atoms with Crippen molar-refractivity contribution >= 4 is 0 Å². The molecule has 4 saturated carbocycles. The van der Waals surface area contributed by atoms with E-state index in [0.29, 0.717) is 22.7 Å². The zero-order valence-electron chi connectivity index (χ0n) is 15.5. The van der Waals surface area contributed by atoms with Crippen molar-refractivity contribution < 1.29 is 0 Å². The fraction of sp³-hybridized carbons (Fsp3) is 0.905. The minimum absolute atomic E-state index is 0.242. The van der Waals surface area contributed by atoms with E-state index >= 15 is 0 Å². The molecule has 4 aliphatic carbocycles. The molecule has 4 fully saturated rings. The van der Waals surface area contributed by atoms with Crippen molar-refractivity contribution in [2.75, 3.05) is 0 Å². The van der Waals surface area contributed by atoms with E-state index in [1.807, 2.05) is 0 Å². The molecule has 132 valence electrons. The Bertz CT molecular complexity index is 565. The van der Waals surface area contributed by atoms with Crippen LogP contribution in [-0.2, 0) is 0 Å². The summed E-state index contributed by atoms with van der Waals surface area (Å²) in [6.07, 6.45) is 14.2. The van der Waals surface area contributed by atoms with Gasteiger partial charge in [0.05, 0.1) is 0 Å². The van der Waals surface area contributed by atoms with E-state index in [1.54, 1.807) is 0 Å². The van der Waals surface area contributed by atoms with E-state index in [2.05, 4.69) is 36.5 Å². The standard InChI is InChI=1S/C21H33N3/c1-4-14-8-9-16-15-13-19(23-24-22)18-7-5-6-11-21(18,3)17(15)10-12-20(14,16)2/h4,14-19H,1,5-13H2,2-3H3/t14-,15-,16-,17-,18?,19?,20+,21+/m0/s1. The molecular formula is C21H33N3. The van der Waals surface area contributed by atoms with Gasteiger partial charge in [0, 0.05) is 11.0 Å². The average molecular weight is 328 g/mol. The number of nitrogens with zero attached hydrogens (tertiary/aromatic N) is 3. The molecule has 0 spiro atoms. The fourth-order valence-electron chi connectivity index (χ4n) is 7.98. The summed E-state index contributed by atoms with van der Waals surface area (Å²) < 4.78 is 0. The third-order valence-electron chi connectivity index (χ3n) is 9.15. The van der Waals surface area contributed by atoms with Crippen LogP contribution in [-0.4, -0.2) is 6.04 Å². The van der Waals surface area contributed by atoms with Crippen LogP contribution in [0.5, 0.6) is 0 Å². The SMILES string of the molecule is C=C[C@H]1CC[C@H]2[C@@H]3CC(N=[N+]=[N-])C4CCCC[C@]4(C)[C@H]3CC[C@]12C. The number of rotatable bonds is 2. The van der Waals surface area contributed by atoms with Crippen molar-refractivity contribution in [2.24, 2.45) is 45.5 Å². The van der Waals surface area contributed by atoms with Crippen LogP contribution in [0, 0.1) is 40.4 Å². The predicted octanol–water partition coefficient (Wildman–Crippen LogP) is 6.51. The Labute approximate surface area is 146 Å². The molecule has 0 bridgehead atoms. The first-order valence-corrected chi connectivity index (χ1v) is 10.2. The second-order valence-electron chi connectivity index (χ2n) is 9.71. The molecule has 3 nitrogen and oxygen atoms in total. The van der Waals surface area contributed by atoms with Crippen LogP contribution in [0.15, 0.2) is 17.8 Å². The summed E-state index contributed by atoms with van der Waals surface area (Å²) in [4.78, 5) is 3.26. The molecule has 0 aromatic rings. The maximum absolute atomic E-state index is 9.15. The number of allylic oxidation sites excluding steroid dienone is 1. The van der Waals surface area contributed by atoms with Gasteiger partial charge in [-0.1, -0.05) is 37.9 Å². The molecule has 4 rings (SSSR count). The highest BCUT2D eigenvalue weighted by Gasteiger charge is 2.60. The highest BCUT2D eigenvalue weighted by Crippen LogP contribution is 2.67. The van der Waals surface area contributed by atoms with Gasteiger partial charge in [-0.15, -0.1) is 6.58 Å².